The Bertz CT molecular complexity index is 1140. The number of nitrogens with zero attached hydrogens (tertiary/aromatic N) is 2. The van der Waals surface area contributed by atoms with E-state index in [9.17, 15) is 25.2 Å². The molecule has 0 radical (unpaired) electrons. The summed E-state index contributed by atoms with van der Waals surface area (Å²) in [5.74, 6) is 0.104. The Hall–Kier alpha value is -3.39. The molecule has 1 aliphatic rings. The van der Waals surface area contributed by atoms with E-state index in [0.717, 1.165) is 23.1 Å². The zero-order chi connectivity index (χ0) is 26.9. The van der Waals surface area contributed by atoms with E-state index in [0.29, 0.717) is 32.2 Å². The average Bonchev–Trinajstić information content (AvgIpc) is 2.99. The van der Waals surface area contributed by atoms with Crippen LogP contribution in [0.3, 0.4) is 0 Å². The molecule has 0 spiro atoms. The molecule has 1 heterocycles. The minimum Gasteiger partial charge on any atom is -0.508 e. The van der Waals surface area contributed by atoms with Gasteiger partial charge in [-0.05, 0) is 60.9 Å². The maximum absolute atomic E-state index is 14.3. The van der Waals surface area contributed by atoms with E-state index >= 15 is 0 Å². The van der Waals surface area contributed by atoms with Crippen LogP contribution in [0.1, 0.15) is 36.0 Å². The van der Waals surface area contributed by atoms with E-state index in [1.807, 2.05) is 66.7 Å². The number of benzene rings is 3. The molecule has 7 heteroatoms. The Morgan fingerprint density at radius 1 is 0.658 bits per heavy atom. The lowest BCUT2D eigenvalue weighted by Gasteiger charge is -2.36. The van der Waals surface area contributed by atoms with Gasteiger partial charge in [0, 0.05) is 19.7 Å². The van der Waals surface area contributed by atoms with Crippen LogP contribution < -0.4 is 0 Å². The molecule has 1 fully saturated rings. The van der Waals surface area contributed by atoms with Crippen molar-refractivity contribution in [3.8, 4) is 5.75 Å². The molecule has 1 aliphatic heterocycles. The number of aliphatic hydroxyl groups excluding tert-OH is 3. The summed E-state index contributed by atoms with van der Waals surface area (Å²) in [6.45, 7) is 0.667. The number of urea groups is 1. The highest BCUT2D eigenvalue weighted by Gasteiger charge is 2.46. The first-order valence-electron chi connectivity index (χ1n) is 13.4. The van der Waals surface area contributed by atoms with Gasteiger partial charge in [0.15, 0.2) is 0 Å². The second kappa shape index (κ2) is 13.4. The molecule has 1 saturated heterocycles. The Morgan fingerprint density at radius 2 is 1.21 bits per heavy atom. The number of amides is 2. The lowest BCUT2D eigenvalue weighted by Crippen LogP contribution is -2.51. The van der Waals surface area contributed by atoms with Crippen LogP contribution >= 0.6 is 0 Å². The second-order valence-electron chi connectivity index (χ2n) is 10.1. The second-order valence-corrected chi connectivity index (χ2v) is 10.1. The summed E-state index contributed by atoms with van der Waals surface area (Å²) in [7, 11) is 0. The molecule has 38 heavy (non-hydrogen) atoms. The summed E-state index contributed by atoms with van der Waals surface area (Å²) in [4.78, 5) is 17.7. The molecular weight excluding hydrogens is 480 g/mol. The predicted molar refractivity (Wildman–Crippen MR) is 147 cm³/mol. The maximum atomic E-state index is 14.3. The molecule has 4 atom stereocenters. The van der Waals surface area contributed by atoms with E-state index in [1.165, 1.54) is 0 Å². The molecule has 4 N–H and O–H groups in total. The number of phenols is 1. The highest BCUT2D eigenvalue weighted by molar-refractivity contribution is 5.76. The molecule has 0 saturated carbocycles. The summed E-state index contributed by atoms with van der Waals surface area (Å²) in [6, 6.07) is 24.6. The van der Waals surface area contributed by atoms with Crippen LogP contribution in [0.4, 0.5) is 4.79 Å². The van der Waals surface area contributed by atoms with Gasteiger partial charge in [0.25, 0.3) is 0 Å². The van der Waals surface area contributed by atoms with E-state index in [4.69, 9.17) is 0 Å². The van der Waals surface area contributed by atoms with Gasteiger partial charge in [-0.15, -0.1) is 0 Å². The van der Waals surface area contributed by atoms with Gasteiger partial charge in [-0.25, -0.2) is 4.79 Å². The summed E-state index contributed by atoms with van der Waals surface area (Å²) >= 11 is 0. The molecule has 3 aromatic rings. The number of carbonyl (C=O) groups is 1. The largest absolute Gasteiger partial charge is 0.508 e. The normalized spacial score (nSPS) is 21.9. The molecule has 0 aliphatic carbocycles. The Morgan fingerprint density at radius 3 is 1.76 bits per heavy atom. The van der Waals surface area contributed by atoms with Crippen molar-refractivity contribution in [2.75, 3.05) is 13.2 Å². The van der Waals surface area contributed by atoms with Crippen LogP contribution in [0, 0.1) is 0 Å². The first kappa shape index (κ1) is 27.6. The van der Waals surface area contributed by atoms with Crippen molar-refractivity contribution in [2.24, 2.45) is 0 Å². The van der Waals surface area contributed by atoms with Crippen LogP contribution in [0.15, 0.2) is 84.9 Å². The maximum Gasteiger partial charge on any atom is 0.321 e. The molecule has 0 bridgehead atoms. The predicted octanol–water partition coefficient (Wildman–Crippen LogP) is 3.74. The first-order chi connectivity index (χ1) is 18.5. The summed E-state index contributed by atoms with van der Waals surface area (Å²) in [5.41, 5.74) is 2.66. The quantitative estimate of drug-likeness (QED) is 0.290. The SMILES string of the molecule is O=C1N(CCCCCO)[C@H](Cc2ccccc2)[C@H](O)[C@@H](O)[C@@H](Cc2ccccc2)N1Cc1cccc(O)c1. The standard InChI is InChI=1S/C31H38N2O5/c34-18-9-3-8-17-32-27(20-23-11-4-1-5-12-23)29(36)30(37)28(21-24-13-6-2-7-14-24)33(31(32)38)22-25-15-10-16-26(35)19-25/h1-2,4-7,10-16,19,27-30,34-37H,3,8-9,17-18,20-22H2/t27-,28-,29+,30+/m1/s1. The zero-order valence-corrected chi connectivity index (χ0v) is 21.6. The van der Waals surface area contributed by atoms with Gasteiger partial charge < -0.3 is 30.2 Å². The third-order valence-electron chi connectivity index (χ3n) is 7.33. The van der Waals surface area contributed by atoms with Gasteiger partial charge in [0.2, 0.25) is 0 Å². The molecule has 0 aromatic heterocycles. The van der Waals surface area contributed by atoms with Crippen molar-refractivity contribution in [3.05, 3.63) is 102 Å². The van der Waals surface area contributed by atoms with Gasteiger partial charge in [-0.1, -0.05) is 72.8 Å². The number of aliphatic hydroxyl groups is 3. The number of unbranched alkanes of at least 4 members (excludes halogenated alkanes) is 2. The third-order valence-corrected chi connectivity index (χ3v) is 7.33. The fraction of sp³-hybridized carbons (Fsp3) is 0.387. The van der Waals surface area contributed by atoms with Gasteiger partial charge in [0.1, 0.15) is 18.0 Å². The minimum absolute atomic E-state index is 0.0888. The number of carbonyl (C=O) groups excluding carboxylic acids is 1. The van der Waals surface area contributed by atoms with Crippen LogP contribution in [-0.2, 0) is 19.4 Å². The van der Waals surface area contributed by atoms with E-state index in [-0.39, 0.29) is 24.9 Å². The topological polar surface area (TPSA) is 104 Å². The third kappa shape index (κ3) is 6.92. The Kier molecular flexibility index (Phi) is 9.76. The van der Waals surface area contributed by atoms with Gasteiger partial charge in [0.05, 0.1) is 12.1 Å². The monoisotopic (exact) mass is 518 g/mol. The summed E-state index contributed by atoms with van der Waals surface area (Å²) < 4.78 is 0. The van der Waals surface area contributed by atoms with Gasteiger partial charge in [-0.2, -0.15) is 0 Å². The van der Waals surface area contributed by atoms with Gasteiger partial charge >= 0.3 is 6.03 Å². The number of aromatic hydroxyl groups is 1. The highest BCUT2D eigenvalue weighted by Crippen LogP contribution is 2.29. The highest BCUT2D eigenvalue weighted by atomic mass is 16.3. The van der Waals surface area contributed by atoms with Crippen LogP contribution in [0.5, 0.6) is 5.75 Å². The smallest absolute Gasteiger partial charge is 0.321 e. The van der Waals surface area contributed by atoms with Gasteiger partial charge in [-0.3, -0.25) is 0 Å². The van der Waals surface area contributed by atoms with Crippen molar-refractivity contribution >= 4 is 6.03 Å². The molecule has 7 nitrogen and oxygen atoms in total. The molecule has 4 rings (SSSR count). The van der Waals surface area contributed by atoms with E-state index < -0.39 is 24.3 Å². The lowest BCUT2D eigenvalue weighted by atomic mass is 9.91. The number of phenolic OH excluding ortho intramolecular Hbond substituents is 1. The molecule has 202 valence electrons. The summed E-state index contributed by atoms with van der Waals surface area (Å²) in [5, 5.41) is 42.5. The summed E-state index contributed by atoms with van der Waals surface area (Å²) in [6.07, 6.45) is 0.483. The lowest BCUT2D eigenvalue weighted by molar-refractivity contribution is -0.0402. The number of rotatable bonds is 11. The van der Waals surface area contributed by atoms with Crippen molar-refractivity contribution in [1.82, 2.24) is 9.80 Å². The van der Waals surface area contributed by atoms with Crippen molar-refractivity contribution in [3.63, 3.8) is 0 Å². The molecule has 0 unspecified atom stereocenters. The van der Waals surface area contributed by atoms with Crippen molar-refractivity contribution in [1.29, 1.82) is 0 Å². The molecular formula is C31H38N2O5. The zero-order valence-electron chi connectivity index (χ0n) is 21.6. The fourth-order valence-corrected chi connectivity index (χ4v) is 5.31. The van der Waals surface area contributed by atoms with Crippen molar-refractivity contribution < 1.29 is 25.2 Å². The number of hydrogen-bond acceptors (Lipinski definition) is 5. The van der Waals surface area contributed by atoms with E-state index in [1.54, 1.807) is 28.0 Å². The van der Waals surface area contributed by atoms with Crippen LogP contribution in [0.25, 0.3) is 0 Å². The Balaban J connectivity index is 1.73. The number of hydrogen-bond donors (Lipinski definition) is 4. The molecule has 3 aromatic carbocycles. The van der Waals surface area contributed by atoms with E-state index in [2.05, 4.69) is 0 Å². The first-order valence-corrected chi connectivity index (χ1v) is 13.4. The Labute approximate surface area is 224 Å². The van der Waals surface area contributed by atoms with Crippen molar-refractivity contribution in [2.45, 2.75) is 62.9 Å². The van der Waals surface area contributed by atoms with Crippen LogP contribution in [0.2, 0.25) is 0 Å². The fourth-order valence-electron chi connectivity index (χ4n) is 5.31. The average molecular weight is 519 g/mol. The minimum atomic E-state index is -1.19. The molecule has 2 amide bonds. The van der Waals surface area contributed by atoms with Crippen LogP contribution in [-0.4, -0.2) is 73.7 Å².